The molecular formula is C33H32N4O2S. The molecule has 40 heavy (non-hydrogen) atoms. The van der Waals surface area contributed by atoms with Crippen LogP contribution in [0.25, 0.3) is 10.8 Å². The van der Waals surface area contributed by atoms with Crippen molar-refractivity contribution in [2.45, 2.75) is 61.5 Å². The number of ether oxygens (including phenoxy) is 1. The minimum absolute atomic E-state index is 0.0734. The van der Waals surface area contributed by atoms with E-state index < -0.39 is 5.41 Å². The molecule has 1 amide bonds. The first-order chi connectivity index (χ1) is 19.5. The molecule has 2 aliphatic rings. The first-order valence-electron chi connectivity index (χ1n) is 13.9. The Labute approximate surface area is 239 Å². The molecule has 0 atom stereocenters. The maximum absolute atomic E-state index is 12.8. The Bertz CT molecular complexity index is 1660. The van der Waals surface area contributed by atoms with E-state index in [-0.39, 0.29) is 5.91 Å². The number of carbonyl (C=O) groups is 1. The number of rotatable bonds is 7. The second-order valence-electron chi connectivity index (χ2n) is 10.4. The molecule has 1 saturated carbocycles. The smallest absolute Gasteiger partial charge is 0.235 e. The van der Waals surface area contributed by atoms with Crippen LogP contribution in [0.1, 0.15) is 62.8 Å². The van der Waals surface area contributed by atoms with E-state index in [4.69, 9.17) is 4.74 Å². The Morgan fingerprint density at radius 3 is 2.67 bits per heavy atom. The minimum Gasteiger partial charge on any atom is -0.495 e. The van der Waals surface area contributed by atoms with Crippen molar-refractivity contribution in [2.75, 3.05) is 17.7 Å². The molecule has 4 aromatic rings. The van der Waals surface area contributed by atoms with Gasteiger partial charge in [0.15, 0.2) is 0 Å². The molecule has 0 radical (unpaired) electrons. The molecule has 1 aliphatic carbocycles. The summed E-state index contributed by atoms with van der Waals surface area (Å²) in [5.41, 5.74) is 3.82. The summed E-state index contributed by atoms with van der Waals surface area (Å²) in [6, 6.07) is 16.2. The van der Waals surface area contributed by atoms with Gasteiger partial charge in [0.25, 0.3) is 0 Å². The lowest BCUT2D eigenvalue weighted by molar-refractivity contribution is -0.121. The van der Waals surface area contributed by atoms with Crippen LogP contribution in [0.4, 0.5) is 17.2 Å². The maximum atomic E-state index is 12.8. The molecule has 202 valence electrons. The molecule has 0 bridgehead atoms. The van der Waals surface area contributed by atoms with Crippen LogP contribution < -0.4 is 15.4 Å². The van der Waals surface area contributed by atoms with Gasteiger partial charge in [-0.1, -0.05) is 32.3 Å². The van der Waals surface area contributed by atoms with Crippen LogP contribution in [0.3, 0.4) is 0 Å². The predicted octanol–water partition coefficient (Wildman–Crippen LogP) is 7.44. The van der Waals surface area contributed by atoms with E-state index in [1.807, 2.05) is 54.4 Å². The van der Waals surface area contributed by atoms with E-state index in [1.54, 1.807) is 13.3 Å². The number of fused-ring (bicyclic) bond motifs is 2. The van der Waals surface area contributed by atoms with Gasteiger partial charge in [0.05, 0.1) is 18.2 Å². The zero-order chi connectivity index (χ0) is 27.7. The zero-order valence-electron chi connectivity index (χ0n) is 23.0. The Hall–Kier alpha value is -4.02. The maximum Gasteiger partial charge on any atom is 0.235 e. The van der Waals surface area contributed by atoms with Gasteiger partial charge in [0, 0.05) is 44.6 Å². The van der Waals surface area contributed by atoms with E-state index in [0.717, 1.165) is 57.1 Å². The lowest BCUT2D eigenvalue weighted by Crippen LogP contribution is -2.32. The number of benzene rings is 2. The number of nitrogens with zero attached hydrogens (tertiary/aromatic N) is 2. The van der Waals surface area contributed by atoms with Crippen molar-refractivity contribution in [3.63, 3.8) is 0 Å². The average Bonchev–Trinajstić information content (AvgIpc) is 3.24. The van der Waals surface area contributed by atoms with Gasteiger partial charge >= 0.3 is 0 Å². The monoisotopic (exact) mass is 548 g/mol. The Balaban J connectivity index is 1.27. The molecule has 1 aliphatic heterocycles. The lowest BCUT2D eigenvalue weighted by Gasteiger charge is -2.24. The Morgan fingerprint density at radius 1 is 1.07 bits per heavy atom. The van der Waals surface area contributed by atoms with Crippen molar-refractivity contribution in [3.8, 4) is 17.6 Å². The van der Waals surface area contributed by atoms with Gasteiger partial charge < -0.3 is 15.4 Å². The van der Waals surface area contributed by atoms with Crippen LogP contribution >= 0.6 is 11.8 Å². The number of pyridine rings is 2. The number of anilines is 3. The molecular weight excluding hydrogens is 516 g/mol. The van der Waals surface area contributed by atoms with E-state index in [9.17, 15) is 4.79 Å². The minimum atomic E-state index is -0.451. The molecule has 6 nitrogen and oxygen atoms in total. The highest BCUT2D eigenvalue weighted by atomic mass is 32.2. The fourth-order valence-electron chi connectivity index (χ4n) is 5.49. The standard InChI is InChI=1S/C33H32N4O2S/c1-4-33(5-2)26-12-9-21(17-29(26)37-32(33)38)10-13-27-25-19-31(35-20-22(25)15-16-34-27)36-28-14-11-24(18-30(28)39-3)40-23-7-6-8-23/h9,11-12,14-20,23H,4-8H2,1-3H3,(H,35,36)(H,37,38). The molecule has 0 unspecified atom stereocenters. The molecule has 2 N–H and O–H groups in total. The summed E-state index contributed by atoms with van der Waals surface area (Å²) in [6.07, 6.45) is 9.03. The van der Waals surface area contributed by atoms with Gasteiger partial charge in [0.1, 0.15) is 17.3 Å². The zero-order valence-corrected chi connectivity index (χ0v) is 23.8. The molecule has 2 aromatic heterocycles. The van der Waals surface area contributed by atoms with Gasteiger partial charge in [-0.05, 0) is 79.6 Å². The number of thioether (sulfide) groups is 1. The normalized spacial score (nSPS) is 15.5. The lowest BCUT2D eigenvalue weighted by atomic mass is 9.77. The largest absolute Gasteiger partial charge is 0.495 e. The van der Waals surface area contributed by atoms with Crippen molar-refractivity contribution < 1.29 is 9.53 Å². The predicted molar refractivity (Wildman–Crippen MR) is 163 cm³/mol. The summed E-state index contributed by atoms with van der Waals surface area (Å²) < 4.78 is 5.69. The number of hydrogen-bond donors (Lipinski definition) is 2. The molecule has 6 rings (SSSR count). The van der Waals surface area contributed by atoms with Gasteiger partial charge in [-0.3, -0.25) is 4.79 Å². The first kappa shape index (κ1) is 26.2. The summed E-state index contributed by atoms with van der Waals surface area (Å²) in [4.78, 5) is 23.2. The van der Waals surface area contributed by atoms with Gasteiger partial charge in [-0.2, -0.15) is 0 Å². The van der Waals surface area contributed by atoms with Crippen molar-refractivity contribution in [1.29, 1.82) is 0 Å². The summed E-state index contributed by atoms with van der Waals surface area (Å²) in [5.74, 6) is 8.05. The van der Waals surface area contributed by atoms with Crippen LogP contribution in [0, 0.1) is 11.8 Å². The molecule has 0 saturated heterocycles. The van der Waals surface area contributed by atoms with E-state index in [2.05, 4.69) is 58.4 Å². The summed E-state index contributed by atoms with van der Waals surface area (Å²) in [5, 5.41) is 9.07. The number of nitrogens with one attached hydrogen (secondary N) is 2. The topological polar surface area (TPSA) is 76.1 Å². The van der Waals surface area contributed by atoms with Gasteiger partial charge in [-0.25, -0.2) is 9.97 Å². The quantitative estimate of drug-likeness (QED) is 0.234. The van der Waals surface area contributed by atoms with Crippen molar-refractivity contribution in [2.24, 2.45) is 0 Å². The summed E-state index contributed by atoms with van der Waals surface area (Å²) in [6.45, 7) is 4.13. The fourth-order valence-corrected chi connectivity index (χ4v) is 6.77. The Kier molecular flexibility index (Phi) is 7.12. The highest BCUT2D eigenvalue weighted by Gasteiger charge is 2.43. The second-order valence-corrected chi connectivity index (χ2v) is 11.7. The number of carbonyl (C=O) groups excluding carboxylic acids is 1. The van der Waals surface area contributed by atoms with Crippen LogP contribution in [0.2, 0.25) is 0 Å². The van der Waals surface area contributed by atoms with Gasteiger partial charge in [-0.15, -0.1) is 11.8 Å². The van der Waals surface area contributed by atoms with Crippen molar-refractivity contribution in [1.82, 2.24) is 9.97 Å². The van der Waals surface area contributed by atoms with Crippen LogP contribution in [0.15, 0.2) is 65.8 Å². The van der Waals surface area contributed by atoms with Crippen molar-refractivity contribution >= 4 is 45.6 Å². The number of hydrogen-bond acceptors (Lipinski definition) is 6. The second kappa shape index (κ2) is 10.9. The van der Waals surface area contributed by atoms with Gasteiger partial charge in [0.2, 0.25) is 5.91 Å². The third-order valence-corrected chi connectivity index (χ3v) is 9.52. The van der Waals surface area contributed by atoms with Crippen LogP contribution in [-0.2, 0) is 10.2 Å². The molecule has 7 heteroatoms. The molecule has 2 aromatic carbocycles. The first-order valence-corrected chi connectivity index (χ1v) is 14.8. The van der Waals surface area contributed by atoms with E-state index in [0.29, 0.717) is 11.5 Å². The summed E-state index contributed by atoms with van der Waals surface area (Å²) in [7, 11) is 1.69. The number of aromatic nitrogens is 2. The molecule has 1 fully saturated rings. The summed E-state index contributed by atoms with van der Waals surface area (Å²) >= 11 is 1.92. The van der Waals surface area contributed by atoms with Crippen LogP contribution in [-0.4, -0.2) is 28.2 Å². The Morgan fingerprint density at radius 2 is 1.93 bits per heavy atom. The van der Waals surface area contributed by atoms with Crippen LogP contribution in [0.5, 0.6) is 5.75 Å². The highest BCUT2D eigenvalue weighted by Crippen LogP contribution is 2.43. The fraction of sp³-hybridized carbons (Fsp3) is 0.303. The third-order valence-electron chi connectivity index (χ3n) is 8.19. The highest BCUT2D eigenvalue weighted by molar-refractivity contribution is 8.00. The van der Waals surface area contributed by atoms with E-state index in [1.165, 1.54) is 24.2 Å². The average molecular weight is 549 g/mol. The number of amides is 1. The number of methoxy groups -OCH3 is 1. The third kappa shape index (κ3) is 4.77. The molecule has 0 spiro atoms. The SMILES string of the molecule is CCC1(CC)C(=O)Nc2cc(C#Cc3nccc4cnc(Nc5ccc(SC6CCC6)cc5OC)cc34)ccc21. The van der Waals surface area contributed by atoms with E-state index >= 15 is 0 Å². The molecule has 3 heterocycles. The van der Waals surface area contributed by atoms with Crippen molar-refractivity contribution in [3.05, 3.63) is 77.7 Å².